The van der Waals surface area contributed by atoms with Crippen LogP contribution in [0.5, 0.6) is 0 Å². The number of nitrogen functional groups attached to an aromatic ring is 1. The second kappa shape index (κ2) is 5.62. The lowest BCUT2D eigenvalue weighted by atomic mass is 10.1. The minimum absolute atomic E-state index is 0.257. The van der Waals surface area contributed by atoms with E-state index in [1.807, 2.05) is 6.92 Å². The number of benzene rings is 1. The fraction of sp³-hybridized carbons (Fsp3) is 0.231. The number of aryl methyl sites for hydroxylation is 2. The second-order valence-corrected chi connectivity index (χ2v) is 5.04. The van der Waals surface area contributed by atoms with E-state index in [0.717, 1.165) is 0 Å². The molecule has 0 aliphatic carbocycles. The van der Waals surface area contributed by atoms with Crippen LogP contribution in [-0.4, -0.2) is 15.7 Å². The highest BCUT2D eigenvalue weighted by atomic mass is 79.9. The molecular weight excluding hydrogens is 327 g/mol. The second-order valence-electron chi connectivity index (χ2n) is 4.29. The lowest BCUT2D eigenvalue weighted by molar-refractivity contribution is 0.102. The Labute approximate surface area is 124 Å². The molecule has 1 amide bonds. The van der Waals surface area contributed by atoms with Gasteiger partial charge in [-0.15, -0.1) is 0 Å². The first-order valence-corrected chi connectivity index (χ1v) is 6.81. The Balaban J connectivity index is 2.28. The molecule has 3 N–H and O–H groups in total. The number of hydrogen-bond acceptors (Lipinski definition) is 3. The van der Waals surface area contributed by atoms with E-state index < -0.39 is 5.91 Å². The Morgan fingerprint density at radius 3 is 2.80 bits per heavy atom. The van der Waals surface area contributed by atoms with Crippen molar-refractivity contribution in [1.82, 2.24) is 9.78 Å². The average Bonchev–Trinajstić information content (AvgIpc) is 2.65. The molecule has 0 aliphatic heterocycles. The monoisotopic (exact) mass is 340 g/mol. The first kappa shape index (κ1) is 14.5. The van der Waals surface area contributed by atoms with Crippen molar-refractivity contribution >= 4 is 33.3 Å². The maximum atomic E-state index is 13.4. The quantitative estimate of drug-likeness (QED) is 0.902. The van der Waals surface area contributed by atoms with Gasteiger partial charge in [-0.3, -0.25) is 9.48 Å². The van der Waals surface area contributed by atoms with Gasteiger partial charge in [0.1, 0.15) is 21.8 Å². The summed E-state index contributed by atoms with van der Waals surface area (Å²) in [5.74, 6) is -0.420. The molecule has 0 fully saturated rings. The summed E-state index contributed by atoms with van der Waals surface area (Å²) in [5.41, 5.74) is 7.11. The van der Waals surface area contributed by atoms with Crippen molar-refractivity contribution in [2.24, 2.45) is 7.05 Å². The molecule has 0 saturated carbocycles. The number of anilines is 2. The lowest BCUT2D eigenvalue weighted by Gasteiger charge is -2.07. The number of carbonyl (C=O) groups excluding carboxylic acids is 1. The molecule has 2 aromatic rings. The number of carbonyl (C=O) groups is 1. The average molecular weight is 341 g/mol. The minimum atomic E-state index is -0.392. The van der Waals surface area contributed by atoms with Crippen molar-refractivity contribution in [2.75, 3.05) is 11.1 Å². The Morgan fingerprint density at radius 2 is 2.25 bits per heavy atom. The van der Waals surface area contributed by atoms with Crippen molar-refractivity contribution in [3.63, 3.8) is 0 Å². The van der Waals surface area contributed by atoms with Crippen LogP contribution in [0.4, 0.5) is 15.9 Å². The Morgan fingerprint density at radius 1 is 1.55 bits per heavy atom. The van der Waals surface area contributed by atoms with Crippen molar-refractivity contribution < 1.29 is 9.18 Å². The third kappa shape index (κ3) is 2.67. The van der Waals surface area contributed by atoms with E-state index in [-0.39, 0.29) is 17.2 Å². The summed E-state index contributed by atoms with van der Waals surface area (Å²) in [4.78, 5) is 12.2. The van der Waals surface area contributed by atoms with Gasteiger partial charge in [0.2, 0.25) is 0 Å². The fourth-order valence-electron chi connectivity index (χ4n) is 1.83. The van der Waals surface area contributed by atoms with E-state index in [2.05, 4.69) is 26.3 Å². The predicted molar refractivity (Wildman–Crippen MR) is 79.1 cm³/mol. The maximum absolute atomic E-state index is 13.4. The van der Waals surface area contributed by atoms with Gasteiger partial charge in [0, 0.05) is 12.7 Å². The van der Waals surface area contributed by atoms with Crippen LogP contribution in [0.15, 0.2) is 22.8 Å². The molecule has 0 unspecified atom stereocenters. The van der Waals surface area contributed by atoms with Gasteiger partial charge < -0.3 is 11.1 Å². The van der Waals surface area contributed by atoms with Crippen LogP contribution in [0.25, 0.3) is 0 Å². The summed E-state index contributed by atoms with van der Waals surface area (Å²) < 4.78 is 15.2. The predicted octanol–water partition coefficient (Wildman–Crippen LogP) is 2.72. The summed E-state index contributed by atoms with van der Waals surface area (Å²) in [6.07, 6.45) is 0.550. The fourth-order valence-corrected chi connectivity index (χ4v) is 2.45. The molecule has 5 nitrogen and oxygen atoms in total. The largest absolute Gasteiger partial charge is 0.383 e. The van der Waals surface area contributed by atoms with Gasteiger partial charge >= 0.3 is 0 Å². The standard InChI is InChI=1S/C13H14BrFN4O/c1-3-7-6-8(4-5-9(7)15)17-13(20)10-11(14)18-19(2)12(10)16/h4-6H,3,16H2,1-2H3,(H,17,20). The molecule has 1 aromatic heterocycles. The van der Waals surface area contributed by atoms with Crippen LogP contribution >= 0.6 is 15.9 Å². The van der Waals surface area contributed by atoms with E-state index in [1.54, 1.807) is 13.1 Å². The Kier molecular flexibility index (Phi) is 4.08. The van der Waals surface area contributed by atoms with Crippen LogP contribution in [0, 0.1) is 5.82 Å². The molecule has 0 radical (unpaired) electrons. The van der Waals surface area contributed by atoms with Gasteiger partial charge in [-0.25, -0.2) is 4.39 Å². The molecule has 1 heterocycles. The van der Waals surface area contributed by atoms with Crippen molar-refractivity contribution in [3.8, 4) is 0 Å². The highest BCUT2D eigenvalue weighted by Crippen LogP contribution is 2.23. The smallest absolute Gasteiger partial charge is 0.262 e. The maximum Gasteiger partial charge on any atom is 0.262 e. The van der Waals surface area contributed by atoms with Crippen molar-refractivity contribution in [2.45, 2.75) is 13.3 Å². The van der Waals surface area contributed by atoms with E-state index >= 15 is 0 Å². The van der Waals surface area contributed by atoms with Crippen LogP contribution < -0.4 is 11.1 Å². The molecular formula is C13H14BrFN4O. The number of nitrogens with zero attached hydrogens (tertiary/aromatic N) is 2. The van der Waals surface area contributed by atoms with Crippen LogP contribution in [0.3, 0.4) is 0 Å². The van der Waals surface area contributed by atoms with Gasteiger partial charge in [0.15, 0.2) is 0 Å². The normalized spacial score (nSPS) is 10.6. The van der Waals surface area contributed by atoms with Gasteiger partial charge in [-0.05, 0) is 46.1 Å². The zero-order valence-corrected chi connectivity index (χ0v) is 12.7. The number of nitrogens with two attached hydrogens (primary N) is 1. The van der Waals surface area contributed by atoms with Crippen molar-refractivity contribution in [1.29, 1.82) is 0 Å². The topological polar surface area (TPSA) is 72.9 Å². The Bertz CT molecular complexity index is 669. The number of nitrogens with one attached hydrogen (secondary N) is 1. The van der Waals surface area contributed by atoms with Gasteiger partial charge in [-0.2, -0.15) is 5.10 Å². The van der Waals surface area contributed by atoms with Gasteiger partial charge in [0.25, 0.3) is 5.91 Å². The summed E-state index contributed by atoms with van der Waals surface area (Å²) in [6.45, 7) is 1.85. The van der Waals surface area contributed by atoms with Crippen molar-refractivity contribution in [3.05, 3.63) is 39.7 Å². The van der Waals surface area contributed by atoms with E-state index in [4.69, 9.17) is 5.73 Å². The van der Waals surface area contributed by atoms with E-state index in [0.29, 0.717) is 22.3 Å². The molecule has 0 aliphatic rings. The minimum Gasteiger partial charge on any atom is -0.383 e. The highest BCUT2D eigenvalue weighted by molar-refractivity contribution is 9.10. The zero-order chi connectivity index (χ0) is 14.9. The van der Waals surface area contributed by atoms with Crippen LogP contribution in [0.2, 0.25) is 0 Å². The molecule has 0 saturated heterocycles. The number of hydrogen-bond donors (Lipinski definition) is 2. The summed E-state index contributed by atoms with van der Waals surface area (Å²) >= 11 is 3.19. The summed E-state index contributed by atoms with van der Waals surface area (Å²) in [7, 11) is 1.64. The molecule has 20 heavy (non-hydrogen) atoms. The first-order valence-electron chi connectivity index (χ1n) is 6.01. The van der Waals surface area contributed by atoms with E-state index in [1.165, 1.54) is 16.8 Å². The number of aromatic nitrogens is 2. The first-order chi connectivity index (χ1) is 9.43. The molecule has 0 bridgehead atoms. The van der Waals surface area contributed by atoms with E-state index in [9.17, 15) is 9.18 Å². The third-order valence-electron chi connectivity index (χ3n) is 2.96. The third-order valence-corrected chi connectivity index (χ3v) is 3.52. The molecule has 0 spiro atoms. The lowest BCUT2D eigenvalue weighted by Crippen LogP contribution is -2.14. The summed E-state index contributed by atoms with van der Waals surface area (Å²) in [5, 5.41) is 6.69. The molecule has 0 atom stereocenters. The van der Waals surface area contributed by atoms with Crippen LogP contribution in [0.1, 0.15) is 22.8 Å². The highest BCUT2D eigenvalue weighted by Gasteiger charge is 2.19. The number of halogens is 2. The number of rotatable bonds is 3. The molecule has 2 rings (SSSR count). The Hall–Kier alpha value is -1.89. The molecule has 7 heteroatoms. The van der Waals surface area contributed by atoms with Gasteiger partial charge in [0.05, 0.1) is 0 Å². The van der Waals surface area contributed by atoms with Crippen LogP contribution in [-0.2, 0) is 13.5 Å². The molecule has 106 valence electrons. The molecule has 1 aromatic carbocycles. The summed E-state index contributed by atoms with van der Waals surface area (Å²) in [6, 6.07) is 4.44. The SMILES string of the molecule is CCc1cc(NC(=O)c2c(Br)nn(C)c2N)ccc1F. The number of amides is 1. The van der Waals surface area contributed by atoms with Gasteiger partial charge in [-0.1, -0.05) is 6.92 Å². The zero-order valence-electron chi connectivity index (χ0n) is 11.1.